The maximum atomic E-state index is 12.3. The van der Waals surface area contributed by atoms with Crippen molar-refractivity contribution >= 4 is 11.6 Å². The van der Waals surface area contributed by atoms with Gasteiger partial charge in [-0.2, -0.15) is 0 Å². The smallest absolute Gasteiger partial charge is 0.144 e. The Bertz CT molecular complexity index is 934. The number of allylic oxidation sites excluding steroid dienone is 2. The van der Waals surface area contributed by atoms with Gasteiger partial charge in [0.2, 0.25) is 0 Å². The largest absolute Gasteiger partial charge is 0.299 e. The second-order valence-corrected chi connectivity index (χ2v) is 6.74. The zero-order chi connectivity index (χ0) is 19.3. The summed E-state index contributed by atoms with van der Waals surface area (Å²) in [5.74, 6) is 12.4. The van der Waals surface area contributed by atoms with E-state index < -0.39 is 5.41 Å². The summed E-state index contributed by atoms with van der Waals surface area (Å²) in [6.07, 6.45) is 0.659. The van der Waals surface area contributed by atoms with Crippen molar-refractivity contribution in [1.82, 2.24) is 0 Å². The van der Waals surface area contributed by atoms with Crippen molar-refractivity contribution < 1.29 is 9.59 Å². The molecule has 0 spiro atoms. The highest BCUT2D eigenvalue weighted by Crippen LogP contribution is 2.43. The first-order chi connectivity index (χ1) is 13.0. The molecule has 2 nitrogen and oxygen atoms in total. The van der Waals surface area contributed by atoms with Gasteiger partial charge in [-0.15, -0.1) is 0 Å². The van der Waals surface area contributed by atoms with Crippen LogP contribution in [0, 0.1) is 29.1 Å². The molecule has 3 rings (SSSR count). The molecule has 2 aromatic carbocycles. The van der Waals surface area contributed by atoms with E-state index in [1.54, 1.807) is 0 Å². The van der Waals surface area contributed by atoms with Crippen LogP contribution < -0.4 is 0 Å². The van der Waals surface area contributed by atoms with E-state index in [0.717, 1.165) is 22.3 Å². The average Bonchev–Trinajstić information content (AvgIpc) is 3.07. The summed E-state index contributed by atoms with van der Waals surface area (Å²) in [7, 11) is 0. The quantitative estimate of drug-likeness (QED) is 0.595. The van der Waals surface area contributed by atoms with E-state index in [0.29, 0.717) is 12.8 Å². The predicted molar refractivity (Wildman–Crippen MR) is 107 cm³/mol. The lowest BCUT2D eigenvalue weighted by molar-refractivity contribution is -0.137. The Balaban J connectivity index is 2.02. The first-order valence-corrected chi connectivity index (χ1v) is 8.89. The van der Waals surface area contributed by atoms with E-state index in [4.69, 9.17) is 0 Å². The minimum atomic E-state index is -1.03. The molecular formula is C25H20O2. The van der Waals surface area contributed by atoms with Crippen molar-refractivity contribution in [3.8, 4) is 23.7 Å². The van der Waals surface area contributed by atoms with Gasteiger partial charge in [0.15, 0.2) is 0 Å². The lowest BCUT2D eigenvalue weighted by Crippen LogP contribution is -2.34. The Hall–Kier alpha value is -3.36. The van der Waals surface area contributed by atoms with E-state index >= 15 is 0 Å². The van der Waals surface area contributed by atoms with Gasteiger partial charge in [-0.3, -0.25) is 9.59 Å². The third kappa shape index (κ3) is 4.08. The number of rotatable bonds is 2. The van der Waals surface area contributed by atoms with Gasteiger partial charge >= 0.3 is 0 Å². The Morgan fingerprint density at radius 3 is 1.37 bits per heavy atom. The fraction of sp³-hybridized carbons (Fsp3) is 0.200. The lowest BCUT2D eigenvalue weighted by Gasteiger charge is -2.22. The van der Waals surface area contributed by atoms with Gasteiger partial charge in [0, 0.05) is 35.1 Å². The molecule has 132 valence electrons. The van der Waals surface area contributed by atoms with Gasteiger partial charge < -0.3 is 0 Å². The standard InChI is InChI=1S/C25H20O2/c1-19(26)25(20(2)27)17-23(15-13-21-9-5-3-6-10-21)24(18-25)16-14-22-11-7-4-8-12-22/h3-12H,17-18H2,1-2H3. The summed E-state index contributed by atoms with van der Waals surface area (Å²) in [4.78, 5) is 24.6. The molecule has 0 saturated heterocycles. The van der Waals surface area contributed by atoms with Crippen LogP contribution >= 0.6 is 0 Å². The molecule has 1 aliphatic rings. The monoisotopic (exact) mass is 352 g/mol. The Labute approximate surface area is 160 Å². The molecule has 0 saturated carbocycles. The Kier molecular flexibility index (Phi) is 5.39. The van der Waals surface area contributed by atoms with E-state index in [2.05, 4.69) is 23.7 Å². The zero-order valence-electron chi connectivity index (χ0n) is 15.5. The zero-order valence-corrected chi connectivity index (χ0v) is 15.5. The van der Waals surface area contributed by atoms with Crippen LogP contribution in [0.2, 0.25) is 0 Å². The first kappa shape index (κ1) is 18.4. The number of hydrogen-bond acceptors (Lipinski definition) is 2. The van der Waals surface area contributed by atoms with Crippen LogP contribution in [0.4, 0.5) is 0 Å². The second-order valence-electron chi connectivity index (χ2n) is 6.74. The lowest BCUT2D eigenvalue weighted by atomic mass is 9.76. The van der Waals surface area contributed by atoms with Crippen LogP contribution in [0.25, 0.3) is 0 Å². The number of carbonyl (C=O) groups is 2. The van der Waals surface area contributed by atoms with Gasteiger partial charge in [0.05, 0.1) is 5.41 Å². The summed E-state index contributed by atoms with van der Waals surface area (Å²) < 4.78 is 0. The maximum absolute atomic E-state index is 12.3. The van der Waals surface area contributed by atoms with E-state index in [1.807, 2.05) is 60.7 Å². The van der Waals surface area contributed by atoms with Crippen molar-refractivity contribution in [2.75, 3.05) is 0 Å². The number of carbonyl (C=O) groups excluding carboxylic acids is 2. The molecule has 2 aromatic rings. The second kappa shape index (κ2) is 7.90. The third-order valence-electron chi connectivity index (χ3n) is 4.93. The Morgan fingerprint density at radius 2 is 1.04 bits per heavy atom. The van der Waals surface area contributed by atoms with E-state index in [-0.39, 0.29) is 11.6 Å². The molecule has 0 heterocycles. The molecule has 0 amide bonds. The van der Waals surface area contributed by atoms with Gasteiger partial charge in [-0.1, -0.05) is 60.1 Å². The van der Waals surface area contributed by atoms with Crippen LogP contribution in [0.5, 0.6) is 0 Å². The molecule has 0 aromatic heterocycles. The van der Waals surface area contributed by atoms with E-state index in [1.165, 1.54) is 13.8 Å². The van der Waals surface area contributed by atoms with Gasteiger partial charge in [-0.05, 0) is 38.1 Å². The minimum Gasteiger partial charge on any atom is -0.299 e. The molecule has 0 aliphatic heterocycles. The van der Waals surface area contributed by atoms with Crippen LogP contribution in [0.3, 0.4) is 0 Å². The van der Waals surface area contributed by atoms with Crippen LogP contribution in [0.15, 0.2) is 71.8 Å². The molecule has 0 N–H and O–H groups in total. The highest BCUT2D eigenvalue weighted by Gasteiger charge is 2.46. The normalized spacial score (nSPS) is 14.6. The van der Waals surface area contributed by atoms with Gasteiger partial charge in [0.1, 0.15) is 11.6 Å². The molecule has 27 heavy (non-hydrogen) atoms. The van der Waals surface area contributed by atoms with Crippen molar-refractivity contribution in [1.29, 1.82) is 0 Å². The molecule has 0 unspecified atom stereocenters. The number of hydrogen-bond donors (Lipinski definition) is 0. The molecular weight excluding hydrogens is 332 g/mol. The predicted octanol–water partition coefficient (Wildman–Crippen LogP) is 4.34. The van der Waals surface area contributed by atoms with E-state index in [9.17, 15) is 9.59 Å². The maximum Gasteiger partial charge on any atom is 0.144 e. The fourth-order valence-corrected chi connectivity index (χ4v) is 3.20. The number of benzene rings is 2. The van der Waals surface area contributed by atoms with Gasteiger partial charge in [0.25, 0.3) is 0 Å². The van der Waals surface area contributed by atoms with Crippen LogP contribution in [-0.2, 0) is 9.59 Å². The SMILES string of the molecule is CC(=O)C1(C(C)=O)CC(C#Cc2ccccc2)=C(C#Cc2ccccc2)C1. The Morgan fingerprint density at radius 1 is 0.667 bits per heavy atom. The van der Waals surface area contributed by atoms with Crippen molar-refractivity contribution in [2.45, 2.75) is 26.7 Å². The summed E-state index contributed by atoms with van der Waals surface area (Å²) in [5, 5.41) is 0. The topological polar surface area (TPSA) is 34.1 Å². The summed E-state index contributed by atoms with van der Waals surface area (Å²) in [6, 6.07) is 19.3. The van der Waals surface area contributed by atoms with Crippen molar-refractivity contribution in [3.63, 3.8) is 0 Å². The molecule has 2 heteroatoms. The van der Waals surface area contributed by atoms with Gasteiger partial charge in [-0.25, -0.2) is 0 Å². The number of ketones is 2. The third-order valence-corrected chi connectivity index (χ3v) is 4.93. The highest BCUT2D eigenvalue weighted by atomic mass is 16.2. The molecule has 1 aliphatic carbocycles. The molecule has 0 atom stereocenters. The molecule has 0 fully saturated rings. The first-order valence-electron chi connectivity index (χ1n) is 8.89. The number of Topliss-reactive ketones (excluding diaryl/α,β-unsaturated/α-hetero) is 2. The summed E-state index contributed by atoms with van der Waals surface area (Å²) in [6.45, 7) is 2.97. The molecule has 0 radical (unpaired) electrons. The summed E-state index contributed by atoms with van der Waals surface area (Å²) >= 11 is 0. The van der Waals surface area contributed by atoms with Crippen molar-refractivity contribution in [3.05, 3.63) is 82.9 Å². The van der Waals surface area contributed by atoms with Crippen LogP contribution in [0.1, 0.15) is 37.8 Å². The summed E-state index contributed by atoms with van der Waals surface area (Å²) in [5.41, 5.74) is 2.33. The molecule has 0 bridgehead atoms. The average molecular weight is 352 g/mol. The highest BCUT2D eigenvalue weighted by molar-refractivity contribution is 6.06. The van der Waals surface area contributed by atoms with Crippen LogP contribution in [-0.4, -0.2) is 11.6 Å². The minimum absolute atomic E-state index is 0.120. The fourth-order valence-electron chi connectivity index (χ4n) is 3.20. The van der Waals surface area contributed by atoms with Crippen molar-refractivity contribution in [2.24, 2.45) is 5.41 Å².